The number of hydrogen-bond acceptors (Lipinski definition) is 5. The van der Waals surface area contributed by atoms with Gasteiger partial charge in [-0.1, -0.05) is 12.1 Å². The molecule has 1 aromatic rings. The average Bonchev–Trinajstić information content (AvgIpc) is 3.06. The highest BCUT2D eigenvalue weighted by atomic mass is 16.7. The summed E-state index contributed by atoms with van der Waals surface area (Å²) >= 11 is 0. The van der Waals surface area contributed by atoms with Gasteiger partial charge in [0.05, 0.1) is 25.0 Å². The van der Waals surface area contributed by atoms with Gasteiger partial charge < -0.3 is 9.57 Å². The largest absolute Gasteiger partial charge is 0.497 e. The normalized spacial score (nSPS) is 24.2. The Morgan fingerprint density at radius 1 is 1.40 bits per heavy atom. The fraction of sp³-hybridized carbons (Fsp3) is 0.357. The second-order valence-corrected chi connectivity index (χ2v) is 4.71. The molecule has 0 saturated carbocycles. The number of carbonyl (C=O) groups is 1. The highest BCUT2D eigenvalue weighted by Crippen LogP contribution is 2.32. The van der Waals surface area contributed by atoms with Gasteiger partial charge in [0.1, 0.15) is 5.75 Å². The number of benzene rings is 1. The van der Waals surface area contributed by atoms with E-state index in [1.165, 1.54) is 0 Å². The van der Waals surface area contributed by atoms with Gasteiger partial charge in [-0.15, -0.1) is 0 Å². The highest BCUT2D eigenvalue weighted by molar-refractivity contribution is 6.20. The third-order valence-electron chi connectivity index (χ3n) is 3.61. The molecule has 104 valence electrons. The Hall–Kier alpha value is -2.37. The smallest absolute Gasteiger partial charge is 0.293 e. The molecule has 0 bridgehead atoms. The van der Waals surface area contributed by atoms with Crippen molar-refractivity contribution < 1.29 is 14.4 Å². The van der Waals surface area contributed by atoms with Gasteiger partial charge in [-0.25, -0.2) is 5.43 Å². The Kier molecular flexibility index (Phi) is 2.93. The van der Waals surface area contributed by atoms with E-state index in [2.05, 4.69) is 15.7 Å². The molecule has 2 aliphatic heterocycles. The van der Waals surface area contributed by atoms with Crippen molar-refractivity contribution in [2.75, 3.05) is 7.11 Å². The molecule has 0 radical (unpaired) electrons. The fourth-order valence-electron chi connectivity index (χ4n) is 2.44. The molecule has 0 unspecified atom stereocenters. The maximum Gasteiger partial charge on any atom is 0.293 e. The zero-order valence-corrected chi connectivity index (χ0v) is 11.3. The van der Waals surface area contributed by atoms with Gasteiger partial charge in [-0.05, 0) is 36.2 Å². The van der Waals surface area contributed by atoms with Gasteiger partial charge in [0.25, 0.3) is 11.5 Å². The highest BCUT2D eigenvalue weighted by Gasteiger charge is 2.53. The van der Waals surface area contributed by atoms with Gasteiger partial charge >= 0.3 is 0 Å². The van der Waals surface area contributed by atoms with E-state index < -0.39 is 5.60 Å². The minimum atomic E-state index is -1.05. The van der Waals surface area contributed by atoms with Crippen LogP contribution < -0.4 is 10.2 Å². The number of nitrogens with one attached hydrogen (secondary N) is 1. The van der Waals surface area contributed by atoms with Crippen molar-refractivity contribution in [1.29, 1.82) is 0 Å². The van der Waals surface area contributed by atoms with Crippen LogP contribution in [0.3, 0.4) is 0 Å². The lowest BCUT2D eigenvalue weighted by atomic mass is 9.88. The number of carbonyl (C=O) groups excluding carboxylic acids is 1. The van der Waals surface area contributed by atoms with Gasteiger partial charge in [0, 0.05) is 0 Å². The van der Waals surface area contributed by atoms with E-state index >= 15 is 0 Å². The van der Waals surface area contributed by atoms with Crippen molar-refractivity contribution in [2.24, 2.45) is 10.3 Å². The van der Waals surface area contributed by atoms with E-state index in [1.54, 1.807) is 7.11 Å². The second-order valence-electron chi connectivity index (χ2n) is 4.71. The van der Waals surface area contributed by atoms with E-state index in [-0.39, 0.29) is 5.91 Å². The fourth-order valence-corrected chi connectivity index (χ4v) is 2.44. The summed E-state index contributed by atoms with van der Waals surface area (Å²) in [5.41, 5.74) is 3.77. The summed E-state index contributed by atoms with van der Waals surface area (Å²) < 4.78 is 5.12. The first kappa shape index (κ1) is 12.7. The summed E-state index contributed by atoms with van der Waals surface area (Å²) in [7, 11) is 1.62. The van der Waals surface area contributed by atoms with Crippen LogP contribution in [0, 0.1) is 0 Å². The minimum Gasteiger partial charge on any atom is -0.497 e. The second kappa shape index (κ2) is 4.63. The molecular weight excluding hydrogens is 258 g/mol. The third-order valence-corrected chi connectivity index (χ3v) is 3.61. The zero-order chi connectivity index (χ0) is 14.2. The molecule has 1 aromatic carbocycles. The standard InChI is InChI=1S/C14H15N3O3/c1-3-12-14(13(18)16-15-12)8-11(17-20-14)9-4-6-10(19-2)7-5-9/h4-7H,3,8H2,1-2H3,(H,16,18)/t14-/m1/s1. The molecule has 0 aromatic heterocycles. The first-order chi connectivity index (χ1) is 9.69. The maximum absolute atomic E-state index is 12.0. The number of amides is 1. The Balaban J connectivity index is 1.85. The molecule has 6 nitrogen and oxygen atoms in total. The van der Waals surface area contributed by atoms with Crippen LogP contribution in [0.25, 0.3) is 0 Å². The van der Waals surface area contributed by atoms with Gasteiger partial charge in [-0.3, -0.25) is 4.79 Å². The SMILES string of the molecule is CCC1=NNC(=O)[C@@]12CC(c1ccc(OC)cc1)=NO2. The molecule has 20 heavy (non-hydrogen) atoms. The van der Waals surface area contributed by atoms with Crippen LogP contribution >= 0.6 is 0 Å². The molecule has 1 atom stereocenters. The van der Waals surface area contributed by atoms with Crippen LogP contribution in [-0.4, -0.2) is 30.0 Å². The summed E-state index contributed by atoms with van der Waals surface area (Å²) in [4.78, 5) is 17.5. The summed E-state index contributed by atoms with van der Waals surface area (Å²) in [6, 6.07) is 7.50. The van der Waals surface area contributed by atoms with Crippen molar-refractivity contribution in [1.82, 2.24) is 5.43 Å². The van der Waals surface area contributed by atoms with E-state index in [9.17, 15) is 4.79 Å². The minimum absolute atomic E-state index is 0.249. The first-order valence-electron chi connectivity index (χ1n) is 6.46. The van der Waals surface area contributed by atoms with E-state index in [1.807, 2.05) is 31.2 Å². The predicted molar refractivity (Wildman–Crippen MR) is 73.8 cm³/mol. The summed E-state index contributed by atoms with van der Waals surface area (Å²) in [6.45, 7) is 1.94. The average molecular weight is 273 g/mol. The number of hydrazone groups is 1. The Labute approximate surface area is 116 Å². The van der Waals surface area contributed by atoms with Crippen molar-refractivity contribution in [3.05, 3.63) is 29.8 Å². The Morgan fingerprint density at radius 3 is 2.80 bits per heavy atom. The lowest BCUT2D eigenvalue weighted by molar-refractivity contribution is -0.134. The van der Waals surface area contributed by atoms with Crippen LogP contribution in [0.15, 0.2) is 34.5 Å². The van der Waals surface area contributed by atoms with Crippen LogP contribution in [-0.2, 0) is 9.63 Å². The molecule has 0 saturated heterocycles. The third kappa shape index (κ3) is 1.76. The van der Waals surface area contributed by atoms with Crippen molar-refractivity contribution in [3.63, 3.8) is 0 Å². The number of hydrogen-bond donors (Lipinski definition) is 1. The number of methoxy groups -OCH3 is 1. The molecule has 0 fully saturated rings. The molecule has 0 aliphatic carbocycles. The molecular formula is C14H15N3O3. The van der Waals surface area contributed by atoms with Crippen molar-refractivity contribution in [3.8, 4) is 5.75 Å². The number of ether oxygens (including phenoxy) is 1. The molecule has 1 N–H and O–H groups in total. The van der Waals surface area contributed by atoms with E-state index in [0.29, 0.717) is 18.6 Å². The lowest BCUT2D eigenvalue weighted by Gasteiger charge is -2.18. The lowest BCUT2D eigenvalue weighted by Crippen LogP contribution is -2.45. The molecule has 1 spiro atoms. The van der Waals surface area contributed by atoms with Crippen LogP contribution in [0.4, 0.5) is 0 Å². The van der Waals surface area contributed by atoms with Gasteiger partial charge in [0.2, 0.25) is 0 Å². The predicted octanol–water partition coefficient (Wildman–Crippen LogP) is 1.45. The van der Waals surface area contributed by atoms with Crippen LogP contribution in [0.1, 0.15) is 25.3 Å². The van der Waals surface area contributed by atoms with E-state index in [4.69, 9.17) is 9.57 Å². The Bertz CT molecular complexity index is 607. The monoisotopic (exact) mass is 273 g/mol. The topological polar surface area (TPSA) is 72.3 Å². The molecule has 2 heterocycles. The molecule has 2 aliphatic rings. The number of rotatable bonds is 3. The van der Waals surface area contributed by atoms with Crippen molar-refractivity contribution >= 4 is 17.3 Å². The zero-order valence-electron chi connectivity index (χ0n) is 11.3. The molecule has 6 heteroatoms. The maximum atomic E-state index is 12.0. The van der Waals surface area contributed by atoms with Crippen LogP contribution in [0.5, 0.6) is 5.75 Å². The summed E-state index contributed by atoms with van der Waals surface area (Å²) in [6.07, 6.45) is 1.04. The van der Waals surface area contributed by atoms with Gasteiger partial charge in [0.15, 0.2) is 0 Å². The number of nitrogens with zero attached hydrogens (tertiary/aromatic N) is 2. The summed E-state index contributed by atoms with van der Waals surface area (Å²) in [5, 5.41) is 8.10. The molecule has 1 amide bonds. The molecule has 3 rings (SSSR count). The van der Waals surface area contributed by atoms with E-state index in [0.717, 1.165) is 17.0 Å². The Morgan fingerprint density at radius 2 is 2.15 bits per heavy atom. The summed E-state index contributed by atoms with van der Waals surface area (Å²) in [5.74, 6) is 0.527. The van der Waals surface area contributed by atoms with Crippen LogP contribution in [0.2, 0.25) is 0 Å². The van der Waals surface area contributed by atoms with Gasteiger partial charge in [-0.2, -0.15) is 5.10 Å². The van der Waals surface area contributed by atoms with Crippen molar-refractivity contribution in [2.45, 2.75) is 25.4 Å². The number of oxime groups is 1. The quantitative estimate of drug-likeness (QED) is 0.906. The first-order valence-corrected chi connectivity index (χ1v) is 6.46.